The molecule has 3 heterocycles. The number of rotatable bonds is 8. The van der Waals surface area contributed by atoms with E-state index in [1.165, 1.54) is 10.9 Å². The third-order valence-electron chi connectivity index (χ3n) is 7.53. The van der Waals surface area contributed by atoms with Gasteiger partial charge in [-0.15, -0.1) is 11.3 Å². The fraction of sp³-hybridized carbons (Fsp3) is 0.500. The van der Waals surface area contributed by atoms with Crippen molar-refractivity contribution < 1.29 is 22.8 Å². The fourth-order valence-electron chi connectivity index (χ4n) is 5.29. The number of carbonyl (C=O) groups excluding carboxylic acids is 2. The second-order valence-corrected chi connectivity index (χ2v) is 11.6. The Bertz CT molecular complexity index is 1450. The number of allylic oxidation sites excluding steroid dienone is 5. The van der Waals surface area contributed by atoms with Crippen LogP contribution in [0.25, 0.3) is 10.2 Å². The zero-order valence-electron chi connectivity index (χ0n) is 23.0. The number of halogens is 4. The largest absolute Gasteiger partial charge is 0.417 e. The molecular formula is C28H33ClF3N5O3S. The summed E-state index contributed by atoms with van der Waals surface area (Å²) < 4.78 is 41.9. The summed E-state index contributed by atoms with van der Waals surface area (Å²) in [6.45, 7) is 7.93. The molecule has 0 atom stereocenters. The molecule has 2 aliphatic rings. The maximum Gasteiger partial charge on any atom is 0.417 e. The molecule has 222 valence electrons. The highest BCUT2D eigenvalue weighted by molar-refractivity contribution is 7.20. The van der Waals surface area contributed by atoms with Gasteiger partial charge in [0.25, 0.3) is 11.5 Å². The molecule has 2 fully saturated rings. The Morgan fingerprint density at radius 3 is 2.41 bits per heavy atom. The van der Waals surface area contributed by atoms with Crippen LogP contribution >= 0.6 is 22.9 Å². The van der Waals surface area contributed by atoms with Crippen LogP contribution in [0, 0.1) is 6.92 Å². The zero-order chi connectivity index (χ0) is 29.9. The Morgan fingerprint density at radius 1 is 1.20 bits per heavy atom. The van der Waals surface area contributed by atoms with E-state index >= 15 is 0 Å². The Balaban J connectivity index is 1.48. The van der Waals surface area contributed by atoms with Gasteiger partial charge in [0.2, 0.25) is 5.91 Å². The number of nitrogens with one attached hydrogen (secondary N) is 1. The number of aryl methyl sites for hydroxylation is 1. The summed E-state index contributed by atoms with van der Waals surface area (Å²) in [6.07, 6.45) is 3.10. The molecule has 1 aliphatic carbocycles. The summed E-state index contributed by atoms with van der Waals surface area (Å²) in [5, 5.41) is 2.81. The average Bonchev–Trinajstić information content (AvgIpc) is 3.57. The predicted octanol–water partition coefficient (Wildman–Crippen LogP) is 5.12. The third kappa shape index (κ3) is 6.86. The van der Waals surface area contributed by atoms with Gasteiger partial charge in [-0.2, -0.15) is 13.2 Å². The number of thiophene rings is 1. The van der Waals surface area contributed by atoms with E-state index in [-0.39, 0.29) is 30.0 Å². The maximum atomic E-state index is 13.5. The molecule has 41 heavy (non-hydrogen) atoms. The normalized spacial score (nSPS) is 17.7. The Hall–Kier alpha value is -3.12. The summed E-state index contributed by atoms with van der Waals surface area (Å²) in [6, 6.07) is 0.138. The summed E-state index contributed by atoms with van der Waals surface area (Å²) in [5.41, 5.74) is -0.365. The number of nitrogens with zero attached hydrogens (tertiary/aromatic N) is 4. The first-order chi connectivity index (χ1) is 19.4. The van der Waals surface area contributed by atoms with Crippen LogP contribution < -0.4 is 10.9 Å². The molecule has 2 aromatic heterocycles. The minimum absolute atomic E-state index is 0.138. The lowest BCUT2D eigenvalue weighted by Crippen LogP contribution is -2.48. The topological polar surface area (TPSA) is 87.5 Å². The van der Waals surface area contributed by atoms with Crippen molar-refractivity contribution in [2.75, 3.05) is 26.2 Å². The number of alkyl halides is 3. The van der Waals surface area contributed by atoms with Crippen LogP contribution in [-0.2, 0) is 11.3 Å². The van der Waals surface area contributed by atoms with Gasteiger partial charge in [-0.3, -0.25) is 19.0 Å². The molecule has 1 saturated carbocycles. The SMILES string of the molecule is C=C/C(Cl)=C(\C=C(/CC)N1CCN(C(=O)c2sc3ncn(CC(=O)NC4CCCC4)c(=O)c3c2C)CC1)C(F)(F)F. The van der Waals surface area contributed by atoms with Crippen LogP contribution in [0.4, 0.5) is 13.2 Å². The van der Waals surface area contributed by atoms with Gasteiger partial charge in [0, 0.05) is 37.9 Å². The van der Waals surface area contributed by atoms with E-state index in [2.05, 4.69) is 16.9 Å². The zero-order valence-corrected chi connectivity index (χ0v) is 24.6. The van der Waals surface area contributed by atoms with E-state index in [9.17, 15) is 27.6 Å². The van der Waals surface area contributed by atoms with E-state index in [0.717, 1.165) is 49.2 Å². The van der Waals surface area contributed by atoms with Gasteiger partial charge < -0.3 is 15.1 Å². The lowest BCUT2D eigenvalue weighted by Gasteiger charge is -2.37. The van der Waals surface area contributed by atoms with Crippen molar-refractivity contribution >= 4 is 45.0 Å². The van der Waals surface area contributed by atoms with E-state index in [1.807, 2.05) is 4.90 Å². The molecule has 0 bridgehead atoms. The van der Waals surface area contributed by atoms with Crippen LogP contribution in [0.1, 0.15) is 54.3 Å². The molecule has 0 radical (unpaired) electrons. The number of hydrogen-bond acceptors (Lipinski definition) is 6. The summed E-state index contributed by atoms with van der Waals surface area (Å²) in [4.78, 5) is 47.8. The van der Waals surface area contributed by atoms with Crippen LogP contribution in [0.2, 0.25) is 0 Å². The molecule has 2 amide bonds. The van der Waals surface area contributed by atoms with E-state index in [4.69, 9.17) is 11.6 Å². The first-order valence-corrected chi connectivity index (χ1v) is 14.8. The van der Waals surface area contributed by atoms with Crippen molar-refractivity contribution in [1.82, 2.24) is 24.7 Å². The van der Waals surface area contributed by atoms with Gasteiger partial charge >= 0.3 is 6.18 Å². The van der Waals surface area contributed by atoms with Crippen molar-refractivity contribution in [3.05, 3.63) is 62.2 Å². The van der Waals surface area contributed by atoms with Gasteiger partial charge in [0.15, 0.2) is 0 Å². The molecule has 0 spiro atoms. The number of piperazine rings is 1. The predicted molar refractivity (Wildman–Crippen MR) is 154 cm³/mol. The maximum absolute atomic E-state index is 13.5. The molecule has 1 N–H and O–H groups in total. The highest BCUT2D eigenvalue weighted by Gasteiger charge is 2.35. The molecule has 1 saturated heterocycles. The monoisotopic (exact) mass is 611 g/mol. The number of aromatic nitrogens is 2. The minimum Gasteiger partial charge on any atom is -0.371 e. The standard InChI is InChI=1S/C28H33ClF3N5O3S/c1-4-19(14-20(21(29)5-2)28(30,31)32)35-10-12-36(13-11-35)27(40)24-17(3)23-25(41-24)33-16-37(26(23)39)15-22(38)34-18-8-6-7-9-18/h5,14,16,18H,2,4,6-13,15H2,1,3H3,(H,34,38)/b19-14+,21-20-. The molecule has 2 aromatic rings. The van der Waals surface area contributed by atoms with Gasteiger partial charge in [0.05, 0.1) is 27.2 Å². The first kappa shape index (κ1) is 30.8. The molecule has 0 aromatic carbocycles. The molecule has 8 nitrogen and oxygen atoms in total. The number of carbonyl (C=O) groups is 2. The second-order valence-electron chi connectivity index (χ2n) is 10.2. The number of hydrogen-bond donors (Lipinski definition) is 1. The minimum atomic E-state index is -4.63. The highest BCUT2D eigenvalue weighted by atomic mass is 35.5. The summed E-state index contributed by atoms with van der Waals surface area (Å²) in [5.74, 6) is -0.505. The van der Waals surface area contributed by atoms with Crippen molar-refractivity contribution in [2.45, 2.75) is 64.7 Å². The van der Waals surface area contributed by atoms with Gasteiger partial charge in [-0.1, -0.05) is 44.0 Å². The fourth-order valence-corrected chi connectivity index (χ4v) is 6.56. The van der Waals surface area contributed by atoms with Crippen molar-refractivity contribution in [3.63, 3.8) is 0 Å². The quantitative estimate of drug-likeness (QED) is 0.419. The lowest BCUT2D eigenvalue weighted by molar-refractivity contribution is -0.122. The first-order valence-electron chi connectivity index (χ1n) is 13.6. The summed E-state index contributed by atoms with van der Waals surface area (Å²) in [7, 11) is 0. The third-order valence-corrected chi connectivity index (χ3v) is 9.08. The van der Waals surface area contributed by atoms with Crippen LogP contribution in [0.15, 0.2) is 46.2 Å². The van der Waals surface area contributed by atoms with Gasteiger partial charge in [-0.25, -0.2) is 4.98 Å². The number of fused-ring (bicyclic) bond motifs is 1. The van der Waals surface area contributed by atoms with Crippen LogP contribution in [0.5, 0.6) is 0 Å². The van der Waals surface area contributed by atoms with Crippen LogP contribution in [0.3, 0.4) is 0 Å². The smallest absolute Gasteiger partial charge is 0.371 e. The molecule has 13 heteroatoms. The molecule has 0 unspecified atom stereocenters. The molecular weight excluding hydrogens is 579 g/mol. The van der Waals surface area contributed by atoms with E-state index in [1.54, 1.807) is 18.7 Å². The average molecular weight is 612 g/mol. The van der Waals surface area contributed by atoms with Crippen molar-refractivity contribution in [3.8, 4) is 0 Å². The lowest BCUT2D eigenvalue weighted by atomic mass is 10.1. The summed E-state index contributed by atoms with van der Waals surface area (Å²) >= 11 is 6.92. The van der Waals surface area contributed by atoms with E-state index < -0.39 is 16.8 Å². The molecule has 4 rings (SSSR count). The highest BCUT2D eigenvalue weighted by Crippen LogP contribution is 2.33. The van der Waals surface area contributed by atoms with Gasteiger partial charge in [-0.05, 0) is 37.8 Å². The van der Waals surface area contributed by atoms with E-state index in [0.29, 0.717) is 59.0 Å². The Labute approximate surface area is 245 Å². The second kappa shape index (κ2) is 12.8. The molecule has 1 aliphatic heterocycles. The van der Waals surface area contributed by atoms with Crippen LogP contribution in [-0.4, -0.2) is 69.6 Å². The van der Waals surface area contributed by atoms with Gasteiger partial charge in [0.1, 0.15) is 11.4 Å². The van der Waals surface area contributed by atoms with Crippen molar-refractivity contribution in [2.24, 2.45) is 0 Å². The van der Waals surface area contributed by atoms with Crippen molar-refractivity contribution in [1.29, 1.82) is 0 Å². The number of amides is 2. The Morgan fingerprint density at radius 2 is 1.83 bits per heavy atom. The Kier molecular flexibility index (Phi) is 9.63.